The number of aromatic nitrogens is 2. The average molecular weight is 233 g/mol. The summed E-state index contributed by atoms with van der Waals surface area (Å²) in [6.07, 6.45) is 3.79. The number of hydrogen-bond acceptors (Lipinski definition) is 4. The van der Waals surface area contributed by atoms with Crippen LogP contribution in [0.5, 0.6) is 5.75 Å². The van der Waals surface area contributed by atoms with E-state index in [0.717, 1.165) is 17.2 Å². The molecule has 0 N–H and O–H groups in total. The summed E-state index contributed by atoms with van der Waals surface area (Å²) in [5, 5.41) is 1.20. The van der Waals surface area contributed by atoms with Crippen molar-refractivity contribution in [1.29, 1.82) is 0 Å². The van der Waals surface area contributed by atoms with E-state index in [1.165, 1.54) is 12.7 Å². The van der Waals surface area contributed by atoms with Crippen molar-refractivity contribution in [3.8, 4) is 5.75 Å². The Morgan fingerprint density at radius 3 is 2.93 bits per heavy atom. The monoisotopic (exact) mass is 232 g/mol. The van der Waals surface area contributed by atoms with E-state index in [4.69, 9.17) is 16.3 Å². The maximum absolute atomic E-state index is 5.85. The van der Waals surface area contributed by atoms with Crippen molar-refractivity contribution >= 4 is 23.4 Å². The van der Waals surface area contributed by atoms with Crippen molar-refractivity contribution in [2.75, 3.05) is 12.9 Å². The van der Waals surface area contributed by atoms with Crippen LogP contribution >= 0.6 is 23.4 Å². The molecule has 1 rings (SSSR count). The van der Waals surface area contributed by atoms with Gasteiger partial charge < -0.3 is 4.74 Å². The van der Waals surface area contributed by atoms with E-state index in [2.05, 4.69) is 16.9 Å². The lowest BCUT2D eigenvalue weighted by Crippen LogP contribution is -1.93. The number of rotatable bonds is 5. The Labute approximate surface area is 93.2 Å². The number of halogens is 1. The molecule has 1 aromatic heterocycles. The van der Waals surface area contributed by atoms with Gasteiger partial charge >= 0.3 is 0 Å². The third-order valence-electron chi connectivity index (χ3n) is 1.67. The second-order valence-electron chi connectivity index (χ2n) is 2.70. The number of ether oxygens (including phenoxy) is 1. The van der Waals surface area contributed by atoms with Gasteiger partial charge in [0.1, 0.15) is 11.4 Å². The number of nitrogens with zero attached hydrogens (tertiary/aromatic N) is 2. The molecule has 0 saturated heterocycles. The highest BCUT2D eigenvalue weighted by atomic mass is 35.5. The molecule has 0 bridgehead atoms. The maximum Gasteiger partial charge on any atom is 0.188 e. The van der Waals surface area contributed by atoms with Crippen LogP contribution in [0.15, 0.2) is 11.4 Å². The minimum atomic E-state index is 0.376. The molecule has 0 aliphatic heterocycles. The normalized spacial score (nSPS) is 10.2. The first kappa shape index (κ1) is 11.6. The van der Waals surface area contributed by atoms with E-state index in [1.807, 2.05) is 0 Å². The highest BCUT2D eigenvalue weighted by molar-refractivity contribution is 7.99. The van der Waals surface area contributed by atoms with Gasteiger partial charge in [-0.1, -0.05) is 24.9 Å². The van der Waals surface area contributed by atoms with Gasteiger partial charge in [0, 0.05) is 0 Å². The molecule has 0 aliphatic carbocycles. The largest absolute Gasteiger partial charge is 0.491 e. The molecule has 5 heteroatoms. The summed E-state index contributed by atoms with van der Waals surface area (Å²) >= 11 is 7.50. The van der Waals surface area contributed by atoms with Crippen molar-refractivity contribution < 1.29 is 4.74 Å². The molecule has 0 aromatic carbocycles. The predicted octanol–water partition coefficient (Wildman–Crippen LogP) is 3.03. The summed E-state index contributed by atoms with van der Waals surface area (Å²) in [4.78, 5) is 7.98. The molecular formula is C9H13ClN2OS. The van der Waals surface area contributed by atoms with Gasteiger partial charge in [0.25, 0.3) is 0 Å². The summed E-state index contributed by atoms with van der Waals surface area (Å²) in [7, 11) is 1.58. The average Bonchev–Trinajstić information content (AvgIpc) is 2.18. The van der Waals surface area contributed by atoms with Crippen molar-refractivity contribution in [2.45, 2.75) is 24.8 Å². The van der Waals surface area contributed by atoms with Crippen LogP contribution in [0.2, 0.25) is 5.15 Å². The quantitative estimate of drug-likeness (QED) is 0.444. The molecule has 0 spiro atoms. The number of unbranched alkanes of at least 4 members (excludes halogenated alkanes) is 1. The zero-order valence-corrected chi connectivity index (χ0v) is 9.86. The molecule has 3 nitrogen and oxygen atoms in total. The fraction of sp³-hybridized carbons (Fsp3) is 0.556. The lowest BCUT2D eigenvalue weighted by molar-refractivity contribution is 0.398. The van der Waals surface area contributed by atoms with Crippen molar-refractivity contribution in [2.24, 2.45) is 0 Å². The van der Waals surface area contributed by atoms with Crippen LogP contribution in [0.4, 0.5) is 0 Å². The van der Waals surface area contributed by atoms with Gasteiger partial charge in [-0.05, 0) is 12.2 Å². The minimum absolute atomic E-state index is 0.376. The Morgan fingerprint density at radius 2 is 2.29 bits per heavy atom. The van der Waals surface area contributed by atoms with E-state index in [1.54, 1.807) is 18.9 Å². The maximum atomic E-state index is 5.85. The summed E-state index contributed by atoms with van der Waals surface area (Å²) < 4.78 is 5.13. The molecule has 0 saturated carbocycles. The zero-order valence-electron chi connectivity index (χ0n) is 8.29. The SMILES string of the molecule is CCCCSc1ncnc(Cl)c1OC. The van der Waals surface area contributed by atoms with Crippen LogP contribution in [-0.2, 0) is 0 Å². The molecular weight excluding hydrogens is 220 g/mol. The third-order valence-corrected chi connectivity index (χ3v) is 2.99. The van der Waals surface area contributed by atoms with E-state index >= 15 is 0 Å². The van der Waals surface area contributed by atoms with E-state index in [-0.39, 0.29) is 0 Å². The van der Waals surface area contributed by atoms with Crippen LogP contribution in [-0.4, -0.2) is 22.8 Å². The Hall–Kier alpha value is -0.480. The van der Waals surface area contributed by atoms with Crippen molar-refractivity contribution in [1.82, 2.24) is 9.97 Å². The van der Waals surface area contributed by atoms with Crippen LogP contribution in [0.1, 0.15) is 19.8 Å². The van der Waals surface area contributed by atoms with E-state index in [0.29, 0.717) is 10.9 Å². The fourth-order valence-corrected chi connectivity index (χ4v) is 2.25. The second kappa shape index (κ2) is 6.09. The van der Waals surface area contributed by atoms with Gasteiger partial charge in [0.2, 0.25) is 0 Å². The van der Waals surface area contributed by atoms with Gasteiger partial charge in [0.15, 0.2) is 10.9 Å². The Morgan fingerprint density at radius 1 is 1.50 bits per heavy atom. The molecule has 0 atom stereocenters. The lowest BCUT2D eigenvalue weighted by atomic mass is 10.4. The Bertz CT molecular complexity index is 296. The van der Waals surface area contributed by atoms with Crippen LogP contribution < -0.4 is 4.74 Å². The third kappa shape index (κ3) is 3.03. The molecule has 0 fully saturated rings. The summed E-state index contributed by atoms with van der Waals surface area (Å²) in [6.45, 7) is 2.16. The molecule has 78 valence electrons. The number of hydrogen-bond donors (Lipinski definition) is 0. The van der Waals surface area contributed by atoms with Gasteiger partial charge in [-0.25, -0.2) is 9.97 Å². The Kier molecular flexibility index (Phi) is 5.04. The lowest BCUT2D eigenvalue weighted by Gasteiger charge is -2.06. The molecule has 14 heavy (non-hydrogen) atoms. The smallest absolute Gasteiger partial charge is 0.188 e. The summed E-state index contributed by atoms with van der Waals surface area (Å²) in [6, 6.07) is 0. The van der Waals surface area contributed by atoms with Gasteiger partial charge in [-0.3, -0.25) is 0 Å². The van der Waals surface area contributed by atoms with Gasteiger partial charge in [-0.2, -0.15) is 0 Å². The highest BCUT2D eigenvalue weighted by Gasteiger charge is 2.09. The fourth-order valence-electron chi connectivity index (χ4n) is 0.925. The molecule has 0 unspecified atom stereocenters. The molecule has 0 radical (unpaired) electrons. The number of thioether (sulfide) groups is 1. The molecule has 0 aliphatic rings. The van der Waals surface area contributed by atoms with Crippen LogP contribution in [0.3, 0.4) is 0 Å². The molecule has 0 amide bonds. The van der Waals surface area contributed by atoms with E-state index < -0.39 is 0 Å². The summed E-state index contributed by atoms with van der Waals surface area (Å²) in [5.41, 5.74) is 0. The number of methoxy groups -OCH3 is 1. The van der Waals surface area contributed by atoms with E-state index in [9.17, 15) is 0 Å². The Balaban J connectivity index is 2.70. The first-order chi connectivity index (χ1) is 6.79. The molecule has 1 aromatic rings. The topological polar surface area (TPSA) is 35.0 Å². The van der Waals surface area contributed by atoms with Gasteiger partial charge in [0.05, 0.1) is 7.11 Å². The predicted molar refractivity (Wildman–Crippen MR) is 59.2 cm³/mol. The van der Waals surface area contributed by atoms with Crippen LogP contribution in [0, 0.1) is 0 Å². The second-order valence-corrected chi connectivity index (χ2v) is 4.15. The first-order valence-electron chi connectivity index (χ1n) is 4.46. The van der Waals surface area contributed by atoms with Gasteiger partial charge in [-0.15, -0.1) is 11.8 Å². The zero-order chi connectivity index (χ0) is 10.4. The standard InChI is InChI=1S/C9H13ClN2OS/c1-3-4-5-14-9-7(13-2)8(10)11-6-12-9/h6H,3-5H2,1-2H3. The van der Waals surface area contributed by atoms with Crippen molar-refractivity contribution in [3.63, 3.8) is 0 Å². The first-order valence-corrected chi connectivity index (χ1v) is 5.83. The summed E-state index contributed by atoms with van der Waals surface area (Å²) in [5.74, 6) is 1.61. The highest BCUT2D eigenvalue weighted by Crippen LogP contribution is 2.32. The minimum Gasteiger partial charge on any atom is -0.491 e. The molecule has 1 heterocycles. The van der Waals surface area contributed by atoms with Crippen LogP contribution in [0.25, 0.3) is 0 Å². The van der Waals surface area contributed by atoms with Crippen molar-refractivity contribution in [3.05, 3.63) is 11.5 Å².